The molecular weight excluding hydrogens is 186 g/mol. The monoisotopic (exact) mass is 213 g/mol. The van der Waals surface area contributed by atoms with Crippen molar-refractivity contribution in [3.05, 3.63) is 0 Å². The molecule has 1 saturated carbocycles. The summed E-state index contributed by atoms with van der Waals surface area (Å²) in [5.74, 6) is 0. The summed E-state index contributed by atoms with van der Waals surface area (Å²) in [6.45, 7) is 4.58. The Morgan fingerprint density at radius 1 is 1.27 bits per heavy atom. The molecule has 0 aromatic carbocycles. The Kier molecular flexibility index (Phi) is 6.26. The summed E-state index contributed by atoms with van der Waals surface area (Å²) in [6.07, 6.45) is 9.53. The number of unbranched alkanes of at least 4 members (excludes halogenated alkanes) is 1. The van der Waals surface area contributed by atoms with Gasteiger partial charge in [-0.1, -0.05) is 19.8 Å². The van der Waals surface area contributed by atoms with E-state index in [2.05, 4.69) is 19.2 Å². The summed E-state index contributed by atoms with van der Waals surface area (Å²) in [5.41, 5.74) is 0. The van der Waals surface area contributed by atoms with Gasteiger partial charge in [0.15, 0.2) is 0 Å². The molecule has 1 fully saturated rings. The Morgan fingerprint density at radius 3 is 2.47 bits per heavy atom. The summed E-state index contributed by atoms with van der Waals surface area (Å²) in [7, 11) is 1.84. The van der Waals surface area contributed by atoms with Crippen molar-refractivity contribution in [3.63, 3.8) is 0 Å². The van der Waals surface area contributed by atoms with Crippen LogP contribution in [-0.4, -0.2) is 25.3 Å². The van der Waals surface area contributed by atoms with Crippen molar-refractivity contribution >= 4 is 0 Å². The van der Waals surface area contributed by atoms with Crippen LogP contribution < -0.4 is 5.32 Å². The normalized spacial score (nSPS) is 29.0. The van der Waals surface area contributed by atoms with Crippen molar-refractivity contribution in [1.29, 1.82) is 0 Å². The predicted octanol–water partition coefficient (Wildman–Crippen LogP) is 3.11. The van der Waals surface area contributed by atoms with Crippen LogP contribution in [0.15, 0.2) is 0 Å². The van der Waals surface area contributed by atoms with E-state index in [0.29, 0.717) is 12.1 Å². The third kappa shape index (κ3) is 4.98. The minimum Gasteiger partial charge on any atom is -0.381 e. The highest BCUT2D eigenvalue weighted by molar-refractivity contribution is 4.79. The largest absolute Gasteiger partial charge is 0.381 e. The molecule has 1 N–H and O–H groups in total. The Morgan fingerprint density at radius 2 is 1.93 bits per heavy atom. The first-order chi connectivity index (χ1) is 7.26. The van der Waals surface area contributed by atoms with E-state index in [0.717, 1.165) is 6.04 Å². The lowest BCUT2D eigenvalue weighted by atomic mass is 9.92. The minimum atomic E-state index is 0.522. The van der Waals surface area contributed by atoms with E-state index in [-0.39, 0.29) is 0 Å². The van der Waals surface area contributed by atoms with E-state index in [1.54, 1.807) is 0 Å². The second kappa shape index (κ2) is 7.24. The van der Waals surface area contributed by atoms with E-state index in [9.17, 15) is 0 Å². The molecule has 2 heteroatoms. The van der Waals surface area contributed by atoms with E-state index in [4.69, 9.17) is 4.74 Å². The zero-order valence-corrected chi connectivity index (χ0v) is 10.6. The van der Waals surface area contributed by atoms with Gasteiger partial charge in [0.1, 0.15) is 0 Å². The lowest BCUT2D eigenvalue weighted by Crippen LogP contribution is -2.40. The molecule has 15 heavy (non-hydrogen) atoms. The number of ether oxygens (including phenoxy) is 1. The van der Waals surface area contributed by atoms with Crippen LogP contribution >= 0.6 is 0 Å². The minimum absolute atomic E-state index is 0.522. The average Bonchev–Trinajstić information content (AvgIpc) is 2.27. The molecule has 0 heterocycles. The highest BCUT2D eigenvalue weighted by Crippen LogP contribution is 2.21. The molecule has 1 unspecified atom stereocenters. The molecule has 1 atom stereocenters. The highest BCUT2D eigenvalue weighted by atomic mass is 16.5. The summed E-state index contributed by atoms with van der Waals surface area (Å²) >= 11 is 0. The first kappa shape index (κ1) is 13.0. The second-order valence-electron chi connectivity index (χ2n) is 4.92. The zero-order valence-electron chi connectivity index (χ0n) is 10.6. The molecule has 0 radical (unpaired) electrons. The molecule has 0 spiro atoms. The average molecular weight is 213 g/mol. The molecule has 1 rings (SSSR count). The Balaban J connectivity index is 2.12. The van der Waals surface area contributed by atoms with Crippen molar-refractivity contribution < 1.29 is 4.74 Å². The van der Waals surface area contributed by atoms with Gasteiger partial charge >= 0.3 is 0 Å². The van der Waals surface area contributed by atoms with Crippen LogP contribution in [0.4, 0.5) is 0 Å². The van der Waals surface area contributed by atoms with Crippen molar-refractivity contribution in [2.24, 2.45) is 0 Å². The molecule has 2 nitrogen and oxygen atoms in total. The molecule has 0 saturated heterocycles. The standard InChI is InChI=1S/C13H27NO/c1-4-5-6-11(2)14-12-7-9-13(15-3)10-8-12/h11-14H,4-10H2,1-3H3. The third-order valence-corrected chi connectivity index (χ3v) is 3.52. The van der Waals surface area contributed by atoms with Gasteiger partial charge in [-0.2, -0.15) is 0 Å². The highest BCUT2D eigenvalue weighted by Gasteiger charge is 2.21. The summed E-state index contributed by atoms with van der Waals surface area (Å²) < 4.78 is 5.38. The molecule has 1 aliphatic carbocycles. The molecule has 1 aliphatic rings. The van der Waals surface area contributed by atoms with Crippen molar-refractivity contribution in [2.45, 2.75) is 77.0 Å². The first-order valence-electron chi connectivity index (χ1n) is 6.55. The number of hydrogen-bond donors (Lipinski definition) is 1. The molecule has 0 aromatic heterocycles. The smallest absolute Gasteiger partial charge is 0.0572 e. The van der Waals surface area contributed by atoms with Gasteiger partial charge in [0.05, 0.1) is 6.10 Å². The lowest BCUT2D eigenvalue weighted by molar-refractivity contribution is 0.0612. The van der Waals surface area contributed by atoms with Crippen LogP contribution in [0.2, 0.25) is 0 Å². The molecular formula is C13H27NO. The van der Waals surface area contributed by atoms with Gasteiger partial charge in [0.2, 0.25) is 0 Å². The van der Waals surface area contributed by atoms with Crippen molar-refractivity contribution in [1.82, 2.24) is 5.32 Å². The Labute approximate surface area is 94.8 Å². The first-order valence-corrected chi connectivity index (χ1v) is 6.55. The van der Waals surface area contributed by atoms with Crippen LogP contribution in [-0.2, 0) is 4.74 Å². The number of rotatable bonds is 6. The Bertz CT molecular complexity index is 153. The molecule has 0 amide bonds. The second-order valence-corrected chi connectivity index (χ2v) is 4.92. The van der Waals surface area contributed by atoms with Crippen LogP contribution in [0.5, 0.6) is 0 Å². The van der Waals surface area contributed by atoms with Gasteiger partial charge in [-0.15, -0.1) is 0 Å². The van der Waals surface area contributed by atoms with E-state index in [1.807, 2.05) is 7.11 Å². The predicted molar refractivity (Wildman–Crippen MR) is 65.2 cm³/mol. The zero-order chi connectivity index (χ0) is 11.1. The fourth-order valence-corrected chi connectivity index (χ4v) is 2.46. The topological polar surface area (TPSA) is 21.3 Å². The summed E-state index contributed by atoms with van der Waals surface area (Å²) in [6, 6.07) is 1.43. The number of hydrogen-bond acceptors (Lipinski definition) is 2. The fraction of sp³-hybridized carbons (Fsp3) is 1.00. The van der Waals surface area contributed by atoms with Crippen LogP contribution in [0.3, 0.4) is 0 Å². The van der Waals surface area contributed by atoms with E-state index >= 15 is 0 Å². The molecule has 0 bridgehead atoms. The molecule has 0 aliphatic heterocycles. The molecule has 0 aromatic rings. The van der Waals surface area contributed by atoms with Crippen LogP contribution in [0, 0.1) is 0 Å². The maximum atomic E-state index is 5.38. The number of nitrogens with one attached hydrogen (secondary N) is 1. The maximum absolute atomic E-state index is 5.38. The van der Waals surface area contributed by atoms with Gasteiger partial charge in [-0.25, -0.2) is 0 Å². The van der Waals surface area contributed by atoms with Gasteiger partial charge in [0, 0.05) is 19.2 Å². The lowest BCUT2D eigenvalue weighted by Gasteiger charge is -2.30. The number of methoxy groups -OCH3 is 1. The Hall–Kier alpha value is -0.0800. The summed E-state index contributed by atoms with van der Waals surface area (Å²) in [4.78, 5) is 0. The van der Waals surface area contributed by atoms with E-state index in [1.165, 1.54) is 44.9 Å². The SMILES string of the molecule is CCCCC(C)NC1CCC(OC)CC1. The third-order valence-electron chi connectivity index (χ3n) is 3.52. The van der Waals surface area contributed by atoms with Gasteiger partial charge < -0.3 is 10.1 Å². The van der Waals surface area contributed by atoms with E-state index < -0.39 is 0 Å². The quantitative estimate of drug-likeness (QED) is 0.732. The van der Waals surface area contributed by atoms with Gasteiger partial charge in [-0.3, -0.25) is 0 Å². The van der Waals surface area contributed by atoms with Crippen molar-refractivity contribution in [2.75, 3.05) is 7.11 Å². The van der Waals surface area contributed by atoms with Crippen molar-refractivity contribution in [3.8, 4) is 0 Å². The van der Waals surface area contributed by atoms with Gasteiger partial charge in [0.25, 0.3) is 0 Å². The summed E-state index contributed by atoms with van der Waals surface area (Å²) in [5, 5.41) is 3.74. The van der Waals surface area contributed by atoms with Crippen LogP contribution in [0.25, 0.3) is 0 Å². The maximum Gasteiger partial charge on any atom is 0.0572 e. The van der Waals surface area contributed by atoms with Gasteiger partial charge in [-0.05, 0) is 39.0 Å². The van der Waals surface area contributed by atoms with Crippen LogP contribution in [0.1, 0.15) is 58.8 Å². The fourth-order valence-electron chi connectivity index (χ4n) is 2.46. The molecule has 90 valence electrons.